The second kappa shape index (κ2) is 9.34. The number of hydrogen-bond donors (Lipinski definition) is 0. The zero-order valence-corrected chi connectivity index (χ0v) is 19.3. The van der Waals surface area contributed by atoms with Gasteiger partial charge in [-0.1, -0.05) is 53.5 Å². The third kappa shape index (κ3) is 4.85. The van der Waals surface area contributed by atoms with Gasteiger partial charge in [-0.25, -0.2) is 4.98 Å². The third-order valence-corrected chi connectivity index (χ3v) is 5.82. The van der Waals surface area contributed by atoms with Crippen LogP contribution in [0.4, 0.5) is 0 Å². The predicted molar refractivity (Wildman–Crippen MR) is 125 cm³/mol. The molecule has 3 nitrogen and oxygen atoms in total. The van der Waals surface area contributed by atoms with Gasteiger partial charge in [-0.3, -0.25) is 4.90 Å². The van der Waals surface area contributed by atoms with Gasteiger partial charge in [-0.05, 0) is 52.8 Å². The maximum atomic E-state index is 6.56. The van der Waals surface area contributed by atoms with Crippen LogP contribution in [0.15, 0.2) is 48.5 Å². The first-order valence-corrected chi connectivity index (χ1v) is 10.9. The Morgan fingerprint density at radius 1 is 0.966 bits per heavy atom. The SMILES string of the molecule is Cc1nc(-c2ccc(Cl)cc2Cl)n(CCN(C(C)C)C(C)C)c1-c1ccccc1. The lowest BCUT2D eigenvalue weighted by Gasteiger charge is -2.31. The molecule has 0 aliphatic heterocycles. The Labute approximate surface area is 184 Å². The smallest absolute Gasteiger partial charge is 0.142 e. The number of imidazole rings is 1. The monoisotopic (exact) mass is 429 g/mol. The third-order valence-electron chi connectivity index (χ3n) is 5.27. The molecule has 0 atom stereocenters. The zero-order chi connectivity index (χ0) is 21.1. The van der Waals surface area contributed by atoms with Crippen molar-refractivity contribution in [3.05, 3.63) is 64.3 Å². The van der Waals surface area contributed by atoms with E-state index in [1.54, 1.807) is 6.07 Å². The highest BCUT2D eigenvalue weighted by atomic mass is 35.5. The summed E-state index contributed by atoms with van der Waals surface area (Å²) in [7, 11) is 0. The molecule has 2 aromatic carbocycles. The van der Waals surface area contributed by atoms with Crippen LogP contribution >= 0.6 is 23.2 Å². The average molecular weight is 430 g/mol. The first-order valence-electron chi connectivity index (χ1n) is 10.1. The molecular formula is C24H29Cl2N3. The molecule has 0 saturated heterocycles. The Hall–Kier alpha value is -1.81. The molecule has 0 N–H and O–H groups in total. The minimum Gasteiger partial charge on any atom is -0.322 e. The Bertz CT molecular complexity index is 954. The molecule has 0 aliphatic rings. The average Bonchev–Trinajstić information content (AvgIpc) is 2.98. The van der Waals surface area contributed by atoms with Crippen molar-refractivity contribution < 1.29 is 0 Å². The number of aromatic nitrogens is 2. The maximum Gasteiger partial charge on any atom is 0.142 e. The van der Waals surface area contributed by atoms with Gasteiger partial charge in [0.1, 0.15) is 5.82 Å². The molecule has 0 unspecified atom stereocenters. The van der Waals surface area contributed by atoms with Crippen molar-refractivity contribution in [2.24, 2.45) is 0 Å². The Balaban J connectivity index is 2.11. The summed E-state index contributed by atoms with van der Waals surface area (Å²) >= 11 is 12.7. The van der Waals surface area contributed by atoms with Crippen molar-refractivity contribution in [1.29, 1.82) is 0 Å². The molecule has 154 valence electrons. The van der Waals surface area contributed by atoms with E-state index in [0.717, 1.165) is 41.4 Å². The summed E-state index contributed by atoms with van der Waals surface area (Å²) in [6, 6.07) is 17.0. The van der Waals surface area contributed by atoms with Crippen molar-refractivity contribution in [2.75, 3.05) is 6.54 Å². The second-order valence-electron chi connectivity index (χ2n) is 7.94. The fourth-order valence-electron chi connectivity index (χ4n) is 3.96. The number of nitrogens with zero attached hydrogens (tertiary/aromatic N) is 3. The number of benzene rings is 2. The lowest BCUT2D eigenvalue weighted by Crippen LogP contribution is -2.39. The van der Waals surface area contributed by atoms with Crippen LogP contribution in [-0.2, 0) is 6.54 Å². The van der Waals surface area contributed by atoms with Crippen molar-refractivity contribution in [3.63, 3.8) is 0 Å². The summed E-state index contributed by atoms with van der Waals surface area (Å²) in [5.74, 6) is 0.885. The fourth-order valence-corrected chi connectivity index (χ4v) is 4.45. The van der Waals surface area contributed by atoms with E-state index < -0.39 is 0 Å². The van der Waals surface area contributed by atoms with Crippen molar-refractivity contribution >= 4 is 23.2 Å². The molecule has 0 radical (unpaired) electrons. The van der Waals surface area contributed by atoms with Gasteiger partial charge in [0.15, 0.2) is 0 Å². The van der Waals surface area contributed by atoms with E-state index >= 15 is 0 Å². The van der Waals surface area contributed by atoms with Crippen LogP contribution in [0.2, 0.25) is 10.0 Å². The van der Waals surface area contributed by atoms with E-state index in [2.05, 4.69) is 68.4 Å². The van der Waals surface area contributed by atoms with Crippen LogP contribution in [0.3, 0.4) is 0 Å². The van der Waals surface area contributed by atoms with E-state index in [-0.39, 0.29) is 0 Å². The molecule has 3 aromatic rings. The minimum atomic E-state index is 0.474. The highest BCUT2D eigenvalue weighted by molar-refractivity contribution is 6.36. The second-order valence-corrected chi connectivity index (χ2v) is 8.78. The van der Waals surface area contributed by atoms with Gasteiger partial charge in [0.05, 0.1) is 16.4 Å². The first-order chi connectivity index (χ1) is 13.8. The lowest BCUT2D eigenvalue weighted by molar-refractivity contribution is 0.169. The van der Waals surface area contributed by atoms with E-state index in [0.29, 0.717) is 22.1 Å². The van der Waals surface area contributed by atoms with Crippen LogP contribution in [0.1, 0.15) is 33.4 Å². The highest BCUT2D eigenvalue weighted by Gasteiger charge is 2.21. The molecule has 3 rings (SSSR count). The van der Waals surface area contributed by atoms with Crippen molar-refractivity contribution in [3.8, 4) is 22.6 Å². The molecule has 1 aromatic heterocycles. The van der Waals surface area contributed by atoms with Crippen molar-refractivity contribution in [1.82, 2.24) is 14.5 Å². The van der Waals surface area contributed by atoms with Gasteiger partial charge in [0.2, 0.25) is 0 Å². The molecule has 0 amide bonds. The van der Waals surface area contributed by atoms with Crippen LogP contribution in [-0.4, -0.2) is 33.1 Å². The summed E-state index contributed by atoms with van der Waals surface area (Å²) in [5.41, 5.74) is 4.20. The Morgan fingerprint density at radius 3 is 2.21 bits per heavy atom. The van der Waals surface area contributed by atoms with Gasteiger partial charge < -0.3 is 4.57 Å². The molecule has 0 spiro atoms. The maximum absolute atomic E-state index is 6.56. The number of rotatable bonds is 7. The summed E-state index contributed by atoms with van der Waals surface area (Å²) in [5, 5.41) is 1.25. The van der Waals surface area contributed by atoms with Gasteiger partial charge in [-0.2, -0.15) is 0 Å². The molecule has 1 heterocycles. The zero-order valence-electron chi connectivity index (χ0n) is 17.8. The molecular weight excluding hydrogens is 401 g/mol. The summed E-state index contributed by atoms with van der Waals surface area (Å²) in [4.78, 5) is 7.43. The van der Waals surface area contributed by atoms with Gasteiger partial charge in [0.25, 0.3) is 0 Å². The fraction of sp³-hybridized carbons (Fsp3) is 0.375. The summed E-state index contributed by atoms with van der Waals surface area (Å²) in [6.45, 7) is 12.8. The first kappa shape index (κ1) is 21.9. The van der Waals surface area contributed by atoms with E-state index in [9.17, 15) is 0 Å². The van der Waals surface area contributed by atoms with Crippen LogP contribution in [0.25, 0.3) is 22.6 Å². The highest BCUT2D eigenvalue weighted by Crippen LogP contribution is 2.34. The van der Waals surface area contributed by atoms with Crippen LogP contribution in [0, 0.1) is 6.92 Å². The van der Waals surface area contributed by atoms with Crippen LogP contribution in [0.5, 0.6) is 0 Å². The van der Waals surface area contributed by atoms with E-state index in [4.69, 9.17) is 28.2 Å². The normalized spacial score (nSPS) is 11.8. The Morgan fingerprint density at radius 2 is 1.62 bits per heavy atom. The van der Waals surface area contributed by atoms with Crippen LogP contribution < -0.4 is 0 Å². The molecule has 0 aliphatic carbocycles. The molecule has 0 bridgehead atoms. The molecule has 0 saturated carbocycles. The van der Waals surface area contributed by atoms with E-state index in [1.807, 2.05) is 18.2 Å². The summed E-state index contributed by atoms with van der Waals surface area (Å²) < 4.78 is 2.30. The molecule has 5 heteroatoms. The quantitative estimate of drug-likeness (QED) is 0.404. The lowest BCUT2D eigenvalue weighted by atomic mass is 10.1. The largest absolute Gasteiger partial charge is 0.322 e. The number of halogens is 2. The van der Waals surface area contributed by atoms with Gasteiger partial charge in [0, 0.05) is 41.3 Å². The Kier molecular flexibility index (Phi) is 7.05. The van der Waals surface area contributed by atoms with Gasteiger partial charge >= 0.3 is 0 Å². The standard InChI is InChI=1S/C24H29Cl2N3/c1-16(2)28(17(3)4)13-14-29-23(19-9-7-6-8-10-19)18(5)27-24(29)21-12-11-20(25)15-22(21)26/h6-12,15-17H,13-14H2,1-5H3. The van der Waals surface area contributed by atoms with E-state index in [1.165, 1.54) is 0 Å². The van der Waals surface area contributed by atoms with Crippen molar-refractivity contribution in [2.45, 2.75) is 53.2 Å². The minimum absolute atomic E-state index is 0.474. The predicted octanol–water partition coefficient (Wildman–Crippen LogP) is 6.95. The topological polar surface area (TPSA) is 21.1 Å². The molecule has 29 heavy (non-hydrogen) atoms. The summed E-state index contributed by atoms with van der Waals surface area (Å²) in [6.07, 6.45) is 0. The molecule has 0 fully saturated rings. The van der Waals surface area contributed by atoms with Gasteiger partial charge in [-0.15, -0.1) is 0 Å². The number of aryl methyl sites for hydroxylation is 1. The number of hydrogen-bond acceptors (Lipinski definition) is 2.